The standard InChI is InChI=1S/C16H26N3/c1-12-10-14(5-6-16(12)17)19(9-3-4-13(19)2)15-7-8-18-11-15/h5-6,10,13,15,18H,3-4,7-9,11,17H2,1-2H3/q+1. The zero-order valence-corrected chi connectivity index (χ0v) is 12.2. The number of benzene rings is 1. The highest BCUT2D eigenvalue weighted by Gasteiger charge is 2.48. The van der Waals surface area contributed by atoms with Crippen molar-refractivity contribution in [3.05, 3.63) is 23.8 Å². The Kier molecular flexibility index (Phi) is 3.27. The van der Waals surface area contributed by atoms with Gasteiger partial charge in [0, 0.05) is 50.2 Å². The number of nitrogens with two attached hydrogens (primary N) is 1. The number of aryl methyl sites for hydroxylation is 1. The number of nitrogens with zero attached hydrogens (tertiary/aromatic N) is 1. The molecule has 0 radical (unpaired) electrons. The van der Waals surface area contributed by atoms with Gasteiger partial charge in [-0.15, -0.1) is 0 Å². The molecule has 0 bridgehead atoms. The van der Waals surface area contributed by atoms with Gasteiger partial charge in [-0.1, -0.05) is 0 Å². The molecule has 3 heteroatoms. The lowest BCUT2D eigenvalue weighted by Gasteiger charge is -2.43. The number of anilines is 1. The van der Waals surface area contributed by atoms with Crippen LogP contribution in [0.5, 0.6) is 0 Å². The second kappa shape index (κ2) is 4.80. The molecule has 0 aromatic heterocycles. The van der Waals surface area contributed by atoms with Gasteiger partial charge in [-0.2, -0.15) is 0 Å². The number of hydrogen-bond acceptors (Lipinski definition) is 2. The second-order valence-electron chi connectivity index (χ2n) is 6.33. The zero-order chi connectivity index (χ0) is 13.5. The molecule has 3 N–H and O–H groups in total. The van der Waals surface area contributed by atoms with Gasteiger partial charge in [-0.25, -0.2) is 0 Å². The van der Waals surface area contributed by atoms with Gasteiger partial charge in [0.25, 0.3) is 0 Å². The zero-order valence-electron chi connectivity index (χ0n) is 12.2. The molecule has 2 saturated heterocycles. The highest BCUT2D eigenvalue weighted by molar-refractivity contribution is 5.57. The summed E-state index contributed by atoms with van der Waals surface area (Å²) in [6.45, 7) is 8.18. The molecule has 0 spiro atoms. The van der Waals surface area contributed by atoms with E-state index in [2.05, 4.69) is 37.4 Å². The lowest BCUT2D eigenvalue weighted by atomic mass is 10.0. The molecular weight excluding hydrogens is 234 g/mol. The molecule has 0 amide bonds. The van der Waals surface area contributed by atoms with Gasteiger partial charge < -0.3 is 11.1 Å². The molecule has 2 aliphatic heterocycles. The van der Waals surface area contributed by atoms with Crippen molar-refractivity contribution < 1.29 is 0 Å². The van der Waals surface area contributed by atoms with Gasteiger partial charge in [-0.05, 0) is 25.5 Å². The summed E-state index contributed by atoms with van der Waals surface area (Å²) in [7, 11) is 0. The Bertz CT molecular complexity index is 465. The molecule has 2 aliphatic rings. The molecule has 0 aliphatic carbocycles. The summed E-state index contributed by atoms with van der Waals surface area (Å²) in [4.78, 5) is 0. The number of quaternary nitrogens is 1. The normalized spacial score (nSPS) is 34.8. The van der Waals surface area contributed by atoms with Crippen LogP contribution in [-0.4, -0.2) is 31.7 Å². The van der Waals surface area contributed by atoms with Gasteiger partial charge in [0.2, 0.25) is 0 Å². The number of rotatable bonds is 2. The van der Waals surface area contributed by atoms with Gasteiger partial charge >= 0.3 is 0 Å². The van der Waals surface area contributed by atoms with E-state index in [-0.39, 0.29) is 0 Å². The fraction of sp³-hybridized carbons (Fsp3) is 0.625. The van der Waals surface area contributed by atoms with Crippen molar-refractivity contribution in [3.8, 4) is 0 Å². The van der Waals surface area contributed by atoms with Crippen LogP contribution in [0, 0.1) is 6.92 Å². The Morgan fingerprint density at radius 2 is 2.16 bits per heavy atom. The summed E-state index contributed by atoms with van der Waals surface area (Å²) in [5, 5.41) is 3.55. The topological polar surface area (TPSA) is 38.0 Å². The van der Waals surface area contributed by atoms with E-state index in [0.29, 0.717) is 0 Å². The minimum Gasteiger partial charge on any atom is -0.399 e. The van der Waals surface area contributed by atoms with E-state index in [1.807, 2.05) is 0 Å². The van der Waals surface area contributed by atoms with Gasteiger partial charge in [0.05, 0.1) is 12.6 Å². The van der Waals surface area contributed by atoms with Crippen LogP contribution < -0.4 is 15.5 Å². The minimum atomic E-state index is 0.730. The van der Waals surface area contributed by atoms with E-state index >= 15 is 0 Å². The highest BCUT2D eigenvalue weighted by Crippen LogP contribution is 2.39. The average Bonchev–Trinajstić information content (AvgIpc) is 3.02. The van der Waals surface area contributed by atoms with Crippen molar-refractivity contribution in [3.63, 3.8) is 0 Å². The van der Waals surface area contributed by atoms with E-state index < -0.39 is 0 Å². The summed E-state index contributed by atoms with van der Waals surface area (Å²) >= 11 is 0. The molecule has 104 valence electrons. The maximum atomic E-state index is 6.00. The predicted molar refractivity (Wildman–Crippen MR) is 82.2 cm³/mol. The molecule has 3 nitrogen and oxygen atoms in total. The fourth-order valence-electron chi connectivity index (χ4n) is 4.19. The number of likely N-dealkylation sites (tertiary alicyclic amines) is 1. The Hall–Kier alpha value is -1.06. The summed E-state index contributed by atoms with van der Waals surface area (Å²) in [6, 6.07) is 8.16. The monoisotopic (exact) mass is 260 g/mol. The maximum Gasteiger partial charge on any atom is 0.133 e. The molecule has 1 aromatic carbocycles. The molecule has 1 aromatic rings. The third-order valence-electron chi connectivity index (χ3n) is 5.36. The summed E-state index contributed by atoms with van der Waals surface area (Å²) in [6.07, 6.45) is 3.99. The number of nitrogen functional groups attached to an aromatic ring is 1. The smallest absolute Gasteiger partial charge is 0.133 e. The molecule has 2 heterocycles. The van der Waals surface area contributed by atoms with E-state index in [0.717, 1.165) is 24.3 Å². The van der Waals surface area contributed by atoms with E-state index in [9.17, 15) is 0 Å². The van der Waals surface area contributed by atoms with Crippen LogP contribution in [-0.2, 0) is 0 Å². The maximum absolute atomic E-state index is 6.00. The highest BCUT2D eigenvalue weighted by atomic mass is 15.4. The molecule has 0 saturated carbocycles. The molecule has 19 heavy (non-hydrogen) atoms. The second-order valence-corrected chi connectivity index (χ2v) is 6.33. The first-order valence-electron chi connectivity index (χ1n) is 7.59. The van der Waals surface area contributed by atoms with Crippen molar-refractivity contribution in [2.75, 3.05) is 25.4 Å². The third-order valence-corrected chi connectivity index (χ3v) is 5.36. The lowest BCUT2D eigenvalue weighted by molar-refractivity contribution is 0.203. The van der Waals surface area contributed by atoms with E-state index in [4.69, 9.17) is 5.73 Å². The van der Waals surface area contributed by atoms with Crippen molar-refractivity contribution in [2.45, 2.75) is 45.2 Å². The fourth-order valence-corrected chi connectivity index (χ4v) is 4.19. The lowest BCUT2D eigenvalue weighted by Crippen LogP contribution is -2.59. The van der Waals surface area contributed by atoms with Crippen LogP contribution in [0.1, 0.15) is 31.7 Å². The Morgan fingerprint density at radius 1 is 1.32 bits per heavy atom. The minimum absolute atomic E-state index is 0.730. The Labute approximate surface area is 116 Å². The Balaban J connectivity index is 2.05. The summed E-state index contributed by atoms with van der Waals surface area (Å²) in [5.41, 5.74) is 9.61. The number of hydrogen-bond donors (Lipinski definition) is 2. The van der Waals surface area contributed by atoms with Crippen LogP contribution in [0.4, 0.5) is 11.4 Å². The average molecular weight is 260 g/mol. The molecule has 3 atom stereocenters. The quantitative estimate of drug-likeness (QED) is 0.633. The van der Waals surface area contributed by atoms with Crippen molar-refractivity contribution >= 4 is 11.4 Å². The van der Waals surface area contributed by atoms with Gasteiger partial charge in [-0.3, -0.25) is 4.48 Å². The van der Waals surface area contributed by atoms with Crippen molar-refractivity contribution in [1.29, 1.82) is 0 Å². The number of nitrogens with one attached hydrogen (secondary N) is 1. The SMILES string of the molecule is Cc1cc([N+]2(C3CCNC3)CCCC2C)ccc1N. The predicted octanol–water partition coefficient (Wildman–Crippen LogP) is 2.43. The third kappa shape index (κ3) is 1.96. The molecular formula is C16H26N3+. The van der Waals surface area contributed by atoms with Crippen molar-refractivity contribution in [1.82, 2.24) is 9.80 Å². The Morgan fingerprint density at radius 3 is 2.74 bits per heavy atom. The first kappa shape index (κ1) is 12.9. The van der Waals surface area contributed by atoms with Crippen molar-refractivity contribution in [2.24, 2.45) is 0 Å². The van der Waals surface area contributed by atoms with Crippen LogP contribution in [0.15, 0.2) is 18.2 Å². The van der Waals surface area contributed by atoms with Gasteiger partial charge in [0.15, 0.2) is 0 Å². The summed E-state index contributed by atoms with van der Waals surface area (Å²) < 4.78 is 1.17. The van der Waals surface area contributed by atoms with Crippen LogP contribution in [0.2, 0.25) is 0 Å². The molecule has 2 fully saturated rings. The van der Waals surface area contributed by atoms with Crippen LogP contribution in [0.3, 0.4) is 0 Å². The molecule has 3 unspecified atom stereocenters. The molecule has 3 rings (SSSR count). The first-order valence-corrected chi connectivity index (χ1v) is 7.59. The van der Waals surface area contributed by atoms with Gasteiger partial charge in [0.1, 0.15) is 11.7 Å². The summed E-state index contributed by atoms with van der Waals surface area (Å²) in [5.74, 6) is 0. The van der Waals surface area contributed by atoms with E-state index in [1.54, 1.807) is 0 Å². The first-order chi connectivity index (χ1) is 9.14. The van der Waals surface area contributed by atoms with Crippen LogP contribution in [0.25, 0.3) is 0 Å². The van der Waals surface area contributed by atoms with Crippen LogP contribution >= 0.6 is 0 Å². The largest absolute Gasteiger partial charge is 0.399 e. The van der Waals surface area contributed by atoms with E-state index in [1.165, 1.54) is 48.1 Å².